The van der Waals surface area contributed by atoms with Gasteiger partial charge in [-0.15, -0.1) is 0 Å². The highest BCUT2D eigenvalue weighted by molar-refractivity contribution is 6.14. The summed E-state index contributed by atoms with van der Waals surface area (Å²) < 4.78 is 0. The molecular formula is C21H19NO. The number of rotatable bonds is 2. The molecule has 0 unspecified atom stereocenters. The normalized spacial score (nSPS) is 12.6. The molecule has 0 bridgehead atoms. The van der Waals surface area contributed by atoms with Crippen LogP contribution in [0, 0.1) is 13.8 Å². The fraction of sp³-hybridized carbons (Fsp3) is 0.190. The van der Waals surface area contributed by atoms with E-state index in [1.165, 1.54) is 22.1 Å². The van der Waals surface area contributed by atoms with Crippen molar-refractivity contribution in [2.75, 3.05) is 5.32 Å². The Balaban J connectivity index is 1.78. The minimum Gasteiger partial charge on any atom is -0.322 e. The molecule has 0 heterocycles. The number of aryl methyl sites for hydroxylation is 3. The summed E-state index contributed by atoms with van der Waals surface area (Å²) >= 11 is 0. The van der Waals surface area contributed by atoms with Crippen LogP contribution in [0.4, 0.5) is 5.69 Å². The second kappa shape index (κ2) is 5.24. The molecule has 2 nitrogen and oxygen atoms in total. The third-order valence-electron chi connectivity index (χ3n) is 4.97. The summed E-state index contributed by atoms with van der Waals surface area (Å²) in [6, 6.07) is 16.4. The minimum atomic E-state index is -0.0331. The van der Waals surface area contributed by atoms with Crippen LogP contribution < -0.4 is 5.32 Å². The van der Waals surface area contributed by atoms with E-state index in [9.17, 15) is 4.79 Å². The molecule has 4 rings (SSSR count). The van der Waals surface area contributed by atoms with Gasteiger partial charge in [0.05, 0.1) is 0 Å². The number of hydrogen-bond donors (Lipinski definition) is 1. The Bertz CT molecular complexity index is 930. The Morgan fingerprint density at radius 1 is 0.913 bits per heavy atom. The monoisotopic (exact) mass is 301 g/mol. The van der Waals surface area contributed by atoms with Crippen LogP contribution in [0.15, 0.2) is 48.5 Å². The van der Waals surface area contributed by atoms with Gasteiger partial charge < -0.3 is 5.32 Å². The van der Waals surface area contributed by atoms with Gasteiger partial charge in [-0.1, -0.05) is 36.4 Å². The third-order valence-corrected chi connectivity index (χ3v) is 4.97. The molecule has 3 aromatic carbocycles. The molecule has 2 heteroatoms. The van der Waals surface area contributed by atoms with Crippen molar-refractivity contribution in [2.24, 2.45) is 0 Å². The molecular weight excluding hydrogens is 282 g/mol. The van der Waals surface area contributed by atoms with Crippen LogP contribution >= 0.6 is 0 Å². The van der Waals surface area contributed by atoms with Crippen molar-refractivity contribution in [1.82, 2.24) is 0 Å². The van der Waals surface area contributed by atoms with Crippen molar-refractivity contribution in [3.8, 4) is 0 Å². The van der Waals surface area contributed by atoms with E-state index in [4.69, 9.17) is 0 Å². The second-order valence-electron chi connectivity index (χ2n) is 6.31. The SMILES string of the molecule is Cc1cccc(NC(=O)c2ccc3c4c(cccc24)CC3)c1C. The zero-order valence-electron chi connectivity index (χ0n) is 13.4. The quantitative estimate of drug-likeness (QED) is 0.723. The van der Waals surface area contributed by atoms with E-state index in [0.29, 0.717) is 0 Å². The predicted molar refractivity (Wildman–Crippen MR) is 95.2 cm³/mol. The number of anilines is 1. The van der Waals surface area contributed by atoms with Gasteiger partial charge in [-0.2, -0.15) is 0 Å². The number of amides is 1. The van der Waals surface area contributed by atoms with Crippen molar-refractivity contribution in [3.05, 3.63) is 76.3 Å². The van der Waals surface area contributed by atoms with Gasteiger partial charge in [-0.25, -0.2) is 0 Å². The van der Waals surface area contributed by atoms with Crippen LogP contribution in [-0.2, 0) is 12.8 Å². The largest absolute Gasteiger partial charge is 0.322 e. The van der Waals surface area contributed by atoms with Gasteiger partial charge in [-0.3, -0.25) is 4.79 Å². The Labute approximate surface area is 136 Å². The highest BCUT2D eigenvalue weighted by Gasteiger charge is 2.19. The zero-order valence-corrected chi connectivity index (χ0v) is 13.4. The molecule has 0 radical (unpaired) electrons. The predicted octanol–water partition coefficient (Wildman–Crippen LogP) is 4.81. The van der Waals surface area contributed by atoms with Crippen LogP contribution in [0.5, 0.6) is 0 Å². The van der Waals surface area contributed by atoms with Crippen molar-refractivity contribution in [1.29, 1.82) is 0 Å². The Kier molecular flexibility index (Phi) is 3.19. The van der Waals surface area contributed by atoms with E-state index in [0.717, 1.165) is 35.0 Å². The highest BCUT2D eigenvalue weighted by atomic mass is 16.1. The van der Waals surface area contributed by atoms with Crippen LogP contribution in [-0.4, -0.2) is 5.91 Å². The fourth-order valence-electron chi connectivity index (χ4n) is 3.52. The lowest BCUT2D eigenvalue weighted by Gasteiger charge is -2.12. The average molecular weight is 301 g/mol. The lowest BCUT2D eigenvalue weighted by atomic mass is 9.99. The molecule has 114 valence electrons. The van der Waals surface area contributed by atoms with E-state index in [-0.39, 0.29) is 5.91 Å². The molecule has 23 heavy (non-hydrogen) atoms. The Hall–Kier alpha value is -2.61. The zero-order chi connectivity index (χ0) is 16.0. The van der Waals surface area contributed by atoms with Crippen LogP contribution in [0.1, 0.15) is 32.6 Å². The van der Waals surface area contributed by atoms with E-state index >= 15 is 0 Å². The van der Waals surface area contributed by atoms with Gasteiger partial charge >= 0.3 is 0 Å². The summed E-state index contributed by atoms with van der Waals surface area (Å²) in [7, 11) is 0. The summed E-state index contributed by atoms with van der Waals surface area (Å²) in [4.78, 5) is 12.8. The standard InChI is InChI=1S/C21H19NO/c1-13-5-3-8-19(14(13)2)22-21(23)18-12-11-16-10-9-15-6-4-7-17(18)20(15)16/h3-8,11-12H,9-10H2,1-2H3,(H,22,23). The molecule has 1 N–H and O–H groups in total. The lowest BCUT2D eigenvalue weighted by Crippen LogP contribution is -2.13. The van der Waals surface area contributed by atoms with Crippen LogP contribution in [0.3, 0.4) is 0 Å². The van der Waals surface area contributed by atoms with Crippen molar-refractivity contribution < 1.29 is 4.79 Å². The van der Waals surface area contributed by atoms with Gasteiger partial charge in [0.15, 0.2) is 0 Å². The summed E-state index contributed by atoms with van der Waals surface area (Å²) in [5.74, 6) is -0.0331. The van der Waals surface area contributed by atoms with Gasteiger partial charge in [0, 0.05) is 11.3 Å². The first-order chi connectivity index (χ1) is 11.1. The molecule has 1 aliphatic carbocycles. The number of benzene rings is 3. The number of nitrogens with one attached hydrogen (secondary N) is 1. The maximum absolute atomic E-state index is 12.8. The van der Waals surface area contributed by atoms with Gasteiger partial charge in [0.2, 0.25) is 0 Å². The minimum absolute atomic E-state index is 0.0331. The fourth-order valence-corrected chi connectivity index (χ4v) is 3.52. The summed E-state index contributed by atoms with van der Waals surface area (Å²) in [5, 5.41) is 5.43. The van der Waals surface area contributed by atoms with Gasteiger partial charge in [0.1, 0.15) is 0 Å². The molecule has 0 atom stereocenters. The van der Waals surface area contributed by atoms with E-state index in [1.54, 1.807) is 0 Å². The first-order valence-corrected chi connectivity index (χ1v) is 8.06. The molecule has 0 fully saturated rings. The van der Waals surface area contributed by atoms with Crippen LogP contribution in [0.25, 0.3) is 10.8 Å². The Morgan fingerprint density at radius 2 is 1.65 bits per heavy atom. The molecule has 0 saturated heterocycles. The average Bonchev–Trinajstić information content (AvgIpc) is 2.97. The molecule has 0 spiro atoms. The molecule has 0 aliphatic heterocycles. The van der Waals surface area contributed by atoms with Crippen molar-refractivity contribution >= 4 is 22.4 Å². The number of carbonyl (C=O) groups is 1. The van der Waals surface area contributed by atoms with E-state index < -0.39 is 0 Å². The number of hydrogen-bond acceptors (Lipinski definition) is 1. The second-order valence-corrected chi connectivity index (χ2v) is 6.31. The molecule has 1 aliphatic rings. The van der Waals surface area contributed by atoms with Crippen molar-refractivity contribution in [2.45, 2.75) is 26.7 Å². The van der Waals surface area contributed by atoms with Gasteiger partial charge in [0.25, 0.3) is 5.91 Å². The Morgan fingerprint density at radius 3 is 2.48 bits per heavy atom. The topological polar surface area (TPSA) is 29.1 Å². The maximum atomic E-state index is 12.8. The van der Waals surface area contributed by atoms with E-state index in [2.05, 4.69) is 42.6 Å². The van der Waals surface area contributed by atoms with E-state index in [1.807, 2.05) is 25.1 Å². The molecule has 3 aromatic rings. The lowest BCUT2D eigenvalue weighted by molar-refractivity contribution is 0.102. The summed E-state index contributed by atoms with van der Waals surface area (Å²) in [6.07, 6.45) is 2.16. The first-order valence-electron chi connectivity index (χ1n) is 8.06. The highest BCUT2D eigenvalue weighted by Crippen LogP contribution is 2.33. The van der Waals surface area contributed by atoms with Gasteiger partial charge in [-0.05, 0) is 71.8 Å². The smallest absolute Gasteiger partial charge is 0.256 e. The molecule has 0 aromatic heterocycles. The molecule has 1 amide bonds. The summed E-state index contributed by atoms with van der Waals surface area (Å²) in [6.45, 7) is 4.10. The first kappa shape index (κ1) is 14.0. The molecule has 0 saturated carbocycles. The number of carbonyl (C=O) groups excluding carboxylic acids is 1. The van der Waals surface area contributed by atoms with Crippen molar-refractivity contribution in [3.63, 3.8) is 0 Å². The maximum Gasteiger partial charge on any atom is 0.256 e. The summed E-state index contributed by atoms with van der Waals surface area (Å²) in [5.41, 5.74) is 6.67. The van der Waals surface area contributed by atoms with Crippen LogP contribution in [0.2, 0.25) is 0 Å². The third kappa shape index (κ3) is 2.22.